The number of hydrogen-bond donors (Lipinski definition) is 3. The summed E-state index contributed by atoms with van der Waals surface area (Å²) in [5.41, 5.74) is 1.60. The monoisotopic (exact) mass is 428 g/mol. The zero-order valence-corrected chi connectivity index (χ0v) is 17.0. The normalized spacial score (nSPS) is 11.4. The maximum absolute atomic E-state index is 12.6. The van der Waals surface area contributed by atoms with Gasteiger partial charge in [0.25, 0.3) is 5.89 Å². The van der Waals surface area contributed by atoms with Crippen molar-refractivity contribution in [3.8, 4) is 10.8 Å². The number of carbonyl (C=O) groups excluding carboxylic acids is 1. The van der Waals surface area contributed by atoms with Gasteiger partial charge in [-0.25, -0.2) is 4.79 Å². The molecule has 156 valence electrons. The maximum Gasteiger partial charge on any atom is 0.323 e. The molecule has 0 aliphatic heterocycles. The van der Waals surface area contributed by atoms with E-state index in [1.54, 1.807) is 25.3 Å². The van der Waals surface area contributed by atoms with Crippen molar-refractivity contribution in [2.24, 2.45) is 0 Å². The molecule has 3 N–H and O–H groups in total. The Balaban J connectivity index is 1.41. The van der Waals surface area contributed by atoms with Crippen molar-refractivity contribution in [2.75, 3.05) is 32.1 Å². The molecule has 30 heavy (non-hydrogen) atoms. The first-order chi connectivity index (χ1) is 14.6. The molecule has 4 aromatic rings. The average Bonchev–Trinajstić information content (AvgIpc) is 3.45. The number of nitrogens with zero attached hydrogens (tertiary/aromatic N) is 3. The van der Waals surface area contributed by atoms with Crippen LogP contribution in [-0.2, 0) is 16.1 Å². The molecule has 0 aliphatic carbocycles. The number of thiophene rings is 1. The van der Waals surface area contributed by atoms with Gasteiger partial charge in [0.1, 0.15) is 0 Å². The second-order valence-electron chi connectivity index (χ2n) is 6.57. The Kier molecular flexibility index (Phi) is 6.02. The first-order valence-corrected chi connectivity index (χ1v) is 10.1. The van der Waals surface area contributed by atoms with E-state index >= 15 is 0 Å². The number of aromatic nitrogens is 4. The molecule has 1 aromatic carbocycles. The predicted molar refractivity (Wildman–Crippen MR) is 112 cm³/mol. The number of hydrogen-bond acceptors (Lipinski definition) is 8. The second kappa shape index (κ2) is 9.03. The van der Waals surface area contributed by atoms with Gasteiger partial charge < -0.3 is 24.4 Å². The zero-order valence-electron chi connectivity index (χ0n) is 16.2. The predicted octanol–water partition coefficient (Wildman–Crippen LogP) is 2.05. The number of aromatic amines is 2. The van der Waals surface area contributed by atoms with Crippen molar-refractivity contribution in [2.45, 2.75) is 6.54 Å². The summed E-state index contributed by atoms with van der Waals surface area (Å²) in [6.07, 6.45) is 0. The molecule has 1 amide bonds. The van der Waals surface area contributed by atoms with Gasteiger partial charge in [0.15, 0.2) is 0 Å². The molecule has 3 heterocycles. The van der Waals surface area contributed by atoms with Crippen LogP contribution in [0.1, 0.15) is 5.89 Å². The summed E-state index contributed by atoms with van der Waals surface area (Å²) in [6.45, 7) is 1.40. The van der Waals surface area contributed by atoms with E-state index in [-0.39, 0.29) is 18.1 Å². The van der Waals surface area contributed by atoms with Crippen molar-refractivity contribution >= 4 is 34.0 Å². The maximum atomic E-state index is 12.6. The summed E-state index contributed by atoms with van der Waals surface area (Å²) in [4.78, 5) is 32.0. The molecule has 0 radical (unpaired) electrons. The highest BCUT2D eigenvalue weighted by molar-refractivity contribution is 7.13. The van der Waals surface area contributed by atoms with E-state index in [0.29, 0.717) is 48.2 Å². The van der Waals surface area contributed by atoms with Crippen LogP contribution in [0.15, 0.2) is 44.9 Å². The van der Waals surface area contributed by atoms with Crippen LogP contribution in [-0.4, -0.2) is 57.8 Å². The van der Waals surface area contributed by atoms with E-state index in [2.05, 4.69) is 25.5 Å². The molecule has 0 unspecified atom stereocenters. The van der Waals surface area contributed by atoms with Crippen LogP contribution in [0, 0.1) is 0 Å². The Morgan fingerprint density at radius 3 is 2.93 bits per heavy atom. The number of H-pyrrole nitrogens is 2. The number of ether oxygens (including phenoxy) is 1. The van der Waals surface area contributed by atoms with Crippen LogP contribution in [0.2, 0.25) is 0 Å². The third-order valence-electron chi connectivity index (χ3n) is 4.34. The van der Waals surface area contributed by atoms with Gasteiger partial charge in [0, 0.05) is 19.3 Å². The highest BCUT2D eigenvalue weighted by atomic mass is 32.1. The fourth-order valence-electron chi connectivity index (χ4n) is 2.96. The molecule has 0 spiro atoms. The van der Waals surface area contributed by atoms with Crippen molar-refractivity contribution < 1.29 is 13.9 Å². The summed E-state index contributed by atoms with van der Waals surface area (Å²) in [5.74, 6) is 0.680. The molecule has 0 saturated heterocycles. The Morgan fingerprint density at radius 2 is 2.13 bits per heavy atom. The molecule has 0 fully saturated rings. The van der Waals surface area contributed by atoms with E-state index < -0.39 is 0 Å². The fourth-order valence-corrected chi connectivity index (χ4v) is 3.60. The van der Waals surface area contributed by atoms with Gasteiger partial charge in [-0.2, -0.15) is 0 Å². The van der Waals surface area contributed by atoms with Gasteiger partial charge in [0.2, 0.25) is 11.8 Å². The minimum Gasteiger partial charge on any atom is -0.419 e. The van der Waals surface area contributed by atoms with E-state index in [1.165, 1.54) is 11.3 Å². The van der Waals surface area contributed by atoms with Gasteiger partial charge in [-0.05, 0) is 29.6 Å². The summed E-state index contributed by atoms with van der Waals surface area (Å²) < 4.78 is 10.9. The topological polar surface area (TPSA) is 129 Å². The second-order valence-corrected chi connectivity index (χ2v) is 7.52. The Bertz CT molecular complexity index is 1180. The number of fused-ring (bicyclic) bond motifs is 1. The Morgan fingerprint density at radius 1 is 1.27 bits per heavy atom. The van der Waals surface area contributed by atoms with Crippen LogP contribution < -0.4 is 11.0 Å². The van der Waals surface area contributed by atoms with Gasteiger partial charge >= 0.3 is 5.69 Å². The fraction of sp³-hybridized carbons (Fsp3) is 0.263. The highest BCUT2D eigenvalue weighted by Crippen LogP contribution is 2.23. The Hall–Kier alpha value is -3.28. The minimum absolute atomic E-state index is 0.113. The average molecular weight is 428 g/mol. The number of rotatable bonds is 9. The lowest BCUT2D eigenvalue weighted by molar-refractivity contribution is -0.117. The van der Waals surface area contributed by atoms with E-state index in [1.807, 2.05) is 22.4 Å². The first-order valence-electron chi connectivity index (χ1n) is 9.20. The molecule has 11 heteroatoms. The van der Waals surface area contributed by atoms with Crippen LogP contribution in [0.5, 0.6) is 0 Å². The van der Waals surface area contributed by atoms with Crippen molar-refractivity contribution in [1.82, 2.24) is 25.1 Å². The van der Waals surface area contributed by atoms with Gasteiger partial charge in [-0.15, -0.1) is 21.5 Å². The number of benzene rings is 1. The number of carbonyl (C=O) groups is 1. The van der Waals surface area contributed by atoms with Gasteiger partial charge in [-0.1, -0.05) is 6.07 Å². The van der Waals surface area contributed by atoms with Crippen molar-refractivity contribution in [1.29, 1.82) is 0 Å². The number of methoxy groups -OCH3 is 1. The zero-order chi connectivity index (χ0) is 20.9. The van der Waals surface area contributed by atoms with Gasteiger partial charge in [-0.3, -0.25) is 9.69 Å². The number of imidazole rings is 1. The molecule has 3 aromatic heterocycles. The standard InChI is InChI=1S/C19H20N6O4S/c1-28-7-6-25(11-17-23-24-18(29-17)15-3-2-8-30-15)10-16(26)20-12-4-5-13-14(9-12)22-19(27)21-13/h2-5,8-9H,6-7,10-11H2,1H3,(H,20,26)(H2,21,22,27). The minimum atomic E-state index is -0.291. The smallest absolute Gasteiger partial charge is 0.323 e. The van der Waals surface area contributed by atoms with Crippen LogP contribution in [0.25, 0.3) is 21.8 Å². The van der Waals surface area contributed by atoms with Crippen LogP contribution in [0.4, 0.5) is 5.69 Å². The summed E-state index contributed by atoms with van der Waals surface area (Å²) in [7, 11) is 1.60. The van der Waals surface area contributed by atoms with Crippen LogP contribution in [0.3, 0.4) is 0 Å². The first kappa shape index (κ1) is 20.0. The third-order valence-corrected chi connectivity index (χ3v) is 5.19. The third kappa shape index (κ3) is 4.82. The molecule has 4 rings (SSSR count). The van der Waals surface area contributed by atoms with E-state index in [4.69, 9.17) is 9.15 Å². The molecular weight excluding hydrogens is 408 g/mol. The molecule has 0 saturated carbocycles. The van der Waals surface area contributed by atoms with Crippen molar-refractivity contribution in [3.63, 3.8) is 0 Å². The van der Waals surface area contributed by atoms with Gasteiger partial charge in [0.05, 0.1) is 35.6 Å². The molecule has 10 nitrogen and oxygen atoms in total. The molecule has 0 bridgehead atoms. The van der Waals surface area contributed by atoms with Crippen LogP contribution >= 0.6 is 11.3 Å². The molecule has 0 aliphatic rings. The van der Waals surface area contributed by atoms with Crippen molar-refractivity contribution in [3.05, 3.63) is 52.1 Å². The quantitative estimate of drug-likeness (QED) is 0.372. The highest BCUT2D eigenvalue weighted by Gasteiger charge is 2.16. The largest absolute Gasteiger partial charge is 0.419 e. The van der Waals surface area contributed by atoms with E-state index in [0.717, 1.165) is 4.88 Å². The summed E-state index contributed by atoms with van der Waals surface area (Å²) in [5, 5.41) is 12.9. The Labute approximate surface area is 174 Å². The van der Waals surface area contributed by atoms with E-state index in [9.17, 15) is 9.59 Å². The lowest BCUT2D eigenvalue weighted by Crippen LogP contribution is -2.35. The number of nitrogens with one attached hydrogen (secondary N) is 3. The molecule has 0 atom stereocenters. The SMILES string of the molecule is COCCN(CC(=O)Nc1ccc2[nH]c(=O)[nH]c2c1)Cc1nnc(-c2cccs2)o1. The lowest BCUT2D eigenvalue weighted by Gasteiger charge is -2.19. The number of anilines is 1. The molecular formula is C19H20N6O4S. The summed E-state index contributed by atoms with van der Waals surface area (Å²) >= 11 is 1.52. The lowest BCUT2D eigenvalue weighted by atomic mass is 10.2. The summed E-state index contributed by atoms with van der Waals surface area (Å²) in [6, 6.07) is 8.99. The number of amides is 1.